The summed E-state index contributed by atoms with van der Waals surface area (Å²) in [6, 6.07) is 7.39. The summed E-state index contributed by atoms with van der Waals surface area (Å²) in [7, 11) is 1.56. The molecule has 0 radical (unpaired) electrons. The third-order valence-electron chi connectivity index (χ3n) is 2.36. The molecule has 92 valence electrons. The van der Waals surface area contributed by atoms with Crippen LogP contribution < -0.4 is 9.47 Å². The van der Waals surface area contributed by atoms with Gasteiger partial charge in [-0.25, -0.2) is 0 Å². The number of methoxy groups -OCH3 is 1. The first-order valence-corrected chi connectivity index (χ1v) is 5.54. The molecule has 1 N–H and O–H groups in total. The number of aliphatic hydroxyl groups excluding tert-OH is 1. The van der Waals surface area contributed by atoms with Crippen LogP contribution in [0.2, 0.25) is 0 Å². The van der Waals surface area contributed by atoms with E-state index in [9.17, 15) is 5.11 Å². The topological polar surface area (TPSA) is 62.5 Å². The van der Waals surface area contributed by atoms with E-state index < -0.39 is 6.10 Å². The average molecular weight is 235 g/mol. The Morgan fingerprint density at radius 1 is 1.41 bits per heavy atom. The molecule has 1 aromatic rings. The molecule has 4 heteroatoms. The van der Waals surface area contributed by atoms with Crippen molar-refractivity contribution in [3.63, 3.8) is 0 Å². The number of rotatable bonds is 6. The number of hydrogen-bond acceptors (Lipinski definition) is 4. The van der Waals surface area contributed by atoms with Crippen molar-refractivity contribution in [1.82, 2.24) is 0 Å². The van der Waals surface area contributed by atoms with Gasteiger partial charge in [0.2, 0.25) is 0 Å². The Labute approximate surface area is 101 Å². The Morgan fingerprint density at radius 2 is 2.18 bits per heavy atom. The largest absolute Gasteiger partial charge is 0.493 e. The fraction of sp³-hybridized carbons (Fsp3) is 0.462. The van der Waals surface area contributed by atoms with Crippen LogP contribution in [0.5, 0.6) is 11.5 Å². The maximum Gasteiger partial charge on any atom is 0.161 e. The Balaban J connectivity index is 2.69. The first-order valence-electron chi connectivity index (χ1n) is 5.54. The van der Waals surface area contributed by atoms with Gasteiger partial charge in [-0.15, -0.1) is 0 Å². The van der Waals surface area contributed by atoms with Gasteiger partial charge < -0.3 is 14.6 Å². The Bertz CT molecular complexity index is 396. The second kappa shape index (κ2) is 6.77. The molecule has 0 fully saturated rings. The molecule has 0 aromatic heterocycles. The van der Waals surface area contributed by atoms with E-state index in [1.165, 1.54) is 0 Å². The Morgan fingerprint density at radius 3 is 2.76 bits per heavy atom. The van der Waals surface area contributed by atoms with Gasteiger partial charge >= 0.3 is 0 Å². The molecule has 1 atom stereocenters. The highest BCUT2D eigenvalue weighted by molar-refractivity contribution is 5.43. The minimum Gasteiger partial charge on any atom is -0.493 e. The maximum atomic E-state index is 9.45. The zero-order valence-corrected chi connectivity index (χ0v) is 10.1. The minimum absolute atomic E-state index is 0.480. The van der Waals surface area contributed by atoms with Crippen LogP contribution in [0.3, 0.4) is 0 Å². The van der Waals surface area contributed by atoms with E-state index in [1.54, 1.807) is 32.2 Å². The summed E-state index contributed by atoms with van der Waals surface area (Å²) in [5, 5.41) is 17.9. The summed E-state index contributed by atoms with van der Waals surface area (Å²) in [6.07, 6.45) is 0.642. The lowest BCUT2D eigenvalue weighted by molar-refractivity contribution is 0.198. The van der Waals surface area contributed by atoms with E-state index in [0.717, 1.165) is 5.56 Å². The molecule has 1 rings (SSSR count). The van der Waals surface area contributed by atoms with Gasteiger partial charge in [0.25, 0.3) is 0 Å². The molecule has 4 nitrogen and oxygen atoms in total. The molecule has 0 saturated heterocycles. The lowest BCUT2D eigenvalue weighted by Gasteiger charge is -2.12. The van der Waals surface area contributed by atoms with Crippen LogP contribution in [-0.4, -0.2) is 18.8 Å². The molecule has 0 amide bonds. The minimum atomic E-state index is -0.531. The second-order valence-electron chi connectivity index (χ2n) is 3.70. The first kappa shape index (κ1) is 13.3. The quantitative estimate of drug-likeness (QED) is 0.769. The molecule has 0 saturated carbocycles. The predicted octanol–water partition coefficient (Wildman–Crippen LogP) is 2.43. The van der Waals surface area contributed by atoms with Crippen molar-refractivity contribution in [2.45, 2.75) is 25.9 Å². The molecule has 0 aliphatic rings. The summed E-state index contributed by atoms with van der Waals surface area (Å²) in [5.74, 6) is 1.23. The highest BCUT2D eigenvalue weighted by Crippen LogP contribution is 2.30. The van der Waals surface area contributed by atoms with Crippen molar-refractivity contribution in [3.05, 3.63) is 23.8 Å². The van der Waals surface area contributed by atoms with Gasteiger partial charge in [-0.2, -0.15) is 5.26 Å². The van der Waals surface area contributed by atoms with Gasteiger partial charge in [0, 0.05) is 6.42 Å². The standard InChI is InChI=1S/C13H17NO3/c1-10(15)11-5-6-12(13(9-11)16-2)17-8-4-3-7-14/h5-6,9-10,15H,3-4,8H2,1-2H3/t10-/m0/s1. The number of aliphatic hydroxyl groups is 1. The average Bonchev–Trinajstić information content (AvgIpc) is 2.34. The first-order chi connectivity index (χ1) is 8.19. The van der Waals surface area contributed by atoms with E-state index >= 15 is 0 Å². The lowest BCUT2D eigenvalue weighted by atomic mass is 10.1. The molecule has 0 bridgehead atoms. The highest BCUT2D eigenvalue weighted by Gasteiger charge is 2.08. The Kier molecular flexibility index (Phi) is 5.31. The molecular weight excluding hydrogens is 218 g/mol. The summed E-state index contributed by atoms with van der Waals surface area (Å²) in [5.41, 5.74) is 0.784. The van der Waals surface area contributed by atoms with Gasteiger partial charge in [-0.05, 0) is 31.0 Å². The van der Waals surface area contributed by atoms with Gasteiger partial charge in [-0.3, -0.25) is 0 Å². The van der Waals surface area contributed by atoms with Crippen LogP contribution in [0, 0.1) is 11.3 Å². The molecule has 0 spiro atoms. The van der Waals surface area contributed by atoms with Crippen molar-refractivity contribution >= 4 is 0 Å². The van der Waals surface area contributed by atoms with Gasteiger partial charge in [-0.1, -0.05) is 6.07 Å². The number of nitriles is 1. The summed E-state index contributed by atoms with van der Waals surface area (Å²) in [4.78, 5) is 0. The van der Waals surface area contributed by atoms with E-state index in [0.29, 0.717) is 30.9 Å². The second-order valence-corrected chi connectivity index (χ2v) is 3.70. The van der Waals surface area contributed by atoms with E-state index in [-0.39, 0.29) is 0 Å². The fourth-order valence-electron chi connectivity index (χ4n) is 1.40. The normalized spacial score (nSPS) is 11.6. The molecule has 17 heavy (non-hydrogen) atoms. The van der Waals surface area contributed by atoms with E-state index in [2.05, 4.69) is 6.07 Å². The molecule has 0 heterocycles. The maximum absolute atomic E-state index is 9.45. The molecule has 0 aliphatic heterocycles. The van der Waals surface area contributed by atoms with Crippen LogP contribution in [0.15, 0.2) is 18.2 Å². The molecular formula is C13H17NO3. The smallest absolute Gasteiger partial charge is 0.161 e. The number of ether oxygens (including phenoxy) is 2. The van der Waals surface area contributed by atoms with Crippen LogP contribution in [0.4, 0.5) is 0 Å². The predicted molar refractivity (Wildman–Crippen MR) is 64.0 cm³/mol. The summed E-state index contributed by atoms with van der Waals surface area (Å²) >= 11 is 0. The van der Waals surface area contributed by atoms with Crippen LogP contribution >= 0.6 is 0 Å². The molecule has 0 aliphatic carbocycles. The van der Waals surface area contributed by atoms with Gasteiger partial charge in [0.15, 0.2) is 11.5 Å². The number of hydrogen-bond donors (Lipinski definition) is 1. The van der Waals surface area contributed by atoms with Gasteiger partial charge in [0.05, 0.1) is 25.9 Å². The van der Waals surface area contributed by atoms with Crippen LogP contribution in [-0.2, 0) is 0 Å². The summed E-state index contributed by atoms with van der Waals surface area (Å²) < 4.78 is 10.7. The van der Waals surface area contributed by atoms with Crippen LogP contribution in [0.25, 0.3) is 0 Å². The van der Waals surface area contributed by atoms with E-state index in [1.807, 2.05) is 0 Å². The zero-order chi connectivity index (χ0) is 12.7. The monoisotopic (exact) mass is 235 g/mol. The van der Waals surface area contributed by atoms with Crippen molar-refractivity contribution in [1.29, 1.82) is 5.26 Å². The zero-order valence-electron chi connectivity index (χ0n) is 10.1. The summed E-state index contributed by atoms with van der Waals surface area (Å²) in [6.45, 7) is 2.18. The SMILES string of the molecule is COc1cc([C@H](C)O)ccc1OCCCC#N. The van der Waals surface area contributed by atoms with Crippen LogP contribution in [0.1, 0.15) is 31.4 Å². The number of benzene rings is 1. The van der Waals surface area contributed by atoms with Crippen molar-refractivity contribution in [3.8, 4) is 17.6 Å². The lowest BCUT2D eigenvalue weighted by Crippen LogP contribution is -2.00. The Hall–Kier alpha value is -1.73. The van der Waals surface area contributed by atoms with Gasteiger partial charge in [0.1, 0.15) is 0 Å². The highest BCUT2D eigenvalue weighted by atomic mass is 16.5. The fourth-order valence-corrected chi connectivity index (χ4v) is 1.40. The third-order valence-corrected chi connectivity index (χ3v) is 2.36. The third kappa shape index (κ3) is 3.97. The molecule has 0 unspecified atom stereocenters. The van der Waals surface area contributed by atoms with Crippen molar-refractivity contribution in [2.75, 3.05) is 13.7 Å². The molecule has 1 aromatic carbocycles. The number of unbranched alkanes of at least 4 members (excludes halogenated alkanes) is 1. The number of nitrogens with zero attached hydrogens (tertiary/aromatic N) is 1. The van der Waals surface area contributed by atoms with Crippen molar-refractivity contribution in [2.24, 2.45) is 0 Å². The van der Waals surface area contributed by atoms with E-state index in [4.69, 9.17) is 14.7 Å². The van der Waals surface area contributed by atoms with Crippen molar-refractivity contribution < 1.29 is 14.6 Å².